The highest BCUT2D eigenvalue weighted by molar-refractivity contribution is 7.87. The molecule has 27 heteroatoms. The van der Waals surface area contributed by atoms with E-state index in [4.69, 9.17) is 4.55 Å². The highest BCUT2D eigenvalue weighted by Crippen LogP contribution is 2.66. The van der Waals surface area contributed by atoms with Crippen LogP contribution in [-0.4, -0.2) is 92.0 Å². The number of halogens is 22. The highest BCUT2D eigenvalue weighted by atomic mass is 32.2. The van der Waals surface area contributed by atoms with Gasteiger partial charge in [-0.2, -0.15) is 101 Å². The van der Waals surface area contributed by atoms with Gasteiger partial charge in [0.1, 0.15) is 0 Å². The molecule has 1 atom stereocenters. The highest BCUT2D eigenvalue weighted by Gasteiger charge is 2.97. The Labute approximate surface area is 205 Å². The van der Waals surface area contributed by atoms with Crippen LogP contribution in [0.5, 0.6) is 0 Å². The van der Waals surface area contributed by atoms with Crippen LogP contribution >= 0.6 is 0 Å². The largest absolute Gasteiger partial charge is 0.438 e. The average molecular weight is 677 g/mol. The molecule has 0 aliphatic heterocycles. The number of hydrogen-bond donors (Lipinski definition) is 2. The molecule has 0 radical (unpaired) electrons. The summed E-state index contributed by atoms with van der Waals surface area (Å²) in [6, 6.07) is 0. The first-order valence-corrected chi connectivity index (χ1v) is 9.92. The van der Waals surface area contributed by atoms with Crippen LogP contribution in [0.2, 0.25) is 0 Å². The second kappa shape index (κ2) is 10.6. The Balaban J connectivity index is 0. The maximum absolute atomic E-state index is 13.4. The molecule has 40 heavy (non-hydrogen) atoms. The minimum absolute atomic E-state index is 1.88. The fourth-order valence-corrected chi connectivity index (χ4v) is 2.36. The normalized spacial score (nSPS) is 16.8. The lowest BCUT2D eigenvalue weighted by Crippen LogP contribution is -2.77. The number of rotatable bonds is 10. The minimum atomic E-state index is -9.42. The lowest BCUT2D eigenvalue weighted by molar-refractivity contribution is -0.463. The lowest BCUT2D eigenvalue weighted by Gasteiger charge is -2.44. The van der Waals surface area contributed by atoms with Gasteiger partial charge >= 0.3 is 68.9 Å². The third kappa shape index (κ3) is 5.44. The van der Waals surface area contributed by atoms with Crippen LogP contribution in [0.3, 0.4) is 0 Å². The summed E-state index contributed by atoms with van der Waals surface area (Å²) in [4.78, 5) is 0. The van der Waals surface area contributed by atoms with Gasteiger partial charge in [-0.15, -0.1) is 0 Å². The summed E-state index contributed by atoms with van der Waals surface area (Å²) < 4.78 is 314. The van der Waals surface area contributed by atoms with Gasteiger partial charge in [-0.1, -0.05) is 0 Å². The Morgan fingerprint density at radius 3 is 0.900 bits per heavy atom. The Morgan fingerprint density at radius 1 is 0.500 bits per heavy atom. The van der Waals surface area contributed by atoms with Gasteiger partial charge in [0.25, 0.3) is 6.17 Å². The fraction of sp³-hybridized carbons (Fsp3) is 1.00. The molecule has 0 aromatic rings. The molecule has 1 unspecified atom stereocenters. The monoisotopic (exact) mass is 677 g/mol. The van der Waals surface area contributed by atoms with E-state index in [2.05, 4.69) is 5.32 Å². The van der Waals surface area contributed by atoms with Gasteiger partial charge in [-0.05, 0) is 14.1 Å². The Kier molecular flexibility index (Phi) is 10.7. The van der Waals surface area contributed by atoms with Gasteiger partial charge in [0.05, 0.1) is 0 Å². The molecule has 0 amide bonds. The van der Waals surface area contributed by atoms with Crippen molar-refractivity contribution in [2.45, 2.75) is 65.0 Å². The second-order valence-electron chi connectivity index (χ2n) is 7.04. The molecule has 244 valence electrons. The van der Waals surface area contributed by atoms with Crippen LogP contribution in [0.25, 0.3) is 0 Å². The Hall–Kier alpha value is -1.67. The van der Waals surface area contributed by atoms with Gasteiger partial charge in [0.15, 0.2) is 0 Å². The molecule has 0 heterocycles. The predicted molar refractivity (Wildman–Crippen MR) is 82.0 cm³/mol. The lowest BCUT2D eigenvalue weighted by atomic mass is 9.86. The van der Waals surface area contributed by atoms with Crippen molar-refractivity contribution in [2.24, 2.45) is 0 Å². The third-order valence-corrected chi connectivity index (χ3v) is 4.98. The van der Waals surface area contributed by atoms with Gasteiger partial charge < -0.3 is 5.32 Å². The molecule has 0 aromatic carbocycles. The van der Waals surface area contributed by atoms with Crippen molar-refractivity contribution < 1.29 is 110 Å². The second-order valence-corrected chi connectivity index (χ2v) is 8.50. The molecule has 0 aliphatic carbocycles. The van der Waals surface area contributed by atoms with Crippen LogP contribution < -0.4 is 5.32 Å². The Bertz CT molecular complexity index is 986. The fourth-order valence-electron chi connectivity index (χ4n) is 1.90. The maximum atomic E-state index is 13.4. The van der Waals surface area contributed by atoms with Crippen molar-refractivity contribution in [1.29, 1.82) is 0 Å². The number of hydrogen-bond acceptors (Lipinski definition) is 3. The molecule has 0 aromatic heterocycles. The maximum Gasteiger partial charge on any atom is 0.438 e. The van der Waals surface area contributed by atoms with Gasteiger partial charge in [-0.25, -0.2) is 4.39 Å². The molecule has 0 saturated carbocycles. The van der Waals surface area contributed by atoms with Crippen LogP contribution in [0.15, 0.2) is 0 Å². The van der Waals surface area contributed by atoms with Gasteiger partial charge in [0.2, 0.25) is 0 Å². The zero-order chi connectivity index (χ0) is 33.8. The molecule has 4 nitrogen and oxygen atoms in total. The first-order valence-electron chi connectivity index (χ1n) is 8.48. The van der Waals surface area contributed by atoms with E-state index < -0.39 is 75.1 Å². The van der Waals surface area contributed by atoms with Crippen LogP contribution in [0.4, 0.5) is 96.6 Å². The summed E-state index contributed by atoms with van der Waals surface area (Å²) in [5.74, 6) is -72.6. The van der Waals surface area contributed by atoms with Crippen molar-refractivity contribution in [3.8, 4) is 0 Å². The topological polar surface area (TPSA) is 66.4 Å². The molecule has 0 fully saturated rings. The third-order valence-electron chi connectivity index (χ3n) is 4.08. The zero-order valence-corrected chi connectivity index (χ0v) is 18.9. The van der Waals surface area contributed by atoms with Crippen molar-refractivity contribution in [2.75, 3.05) is 14.1 Å². The van der Waals surface area contributed by atoms with Crippen molar-refractivity contribution in [1.82, 2.24) is 5.32 Å². The van der Waals surface area contributed by atoms with Gasteiger partial charge in [0, 0.05) is 0 Å². The standard InChI is InChI=1S/C11H2F22O3S.C2H7N/c12-1(3(15,16)17)2(13,14)4(18,19)5(20,21)6(22,23)7(24,25)8(26,27)9(28,29)10(30,31)11(32,33)37(34,35)36;1-3-2/h1H,(H,34,35,36);3H,1-2H3. The quantitative estimate of drug-likeness (QED) is 0.211. The first kappa shape index (κ1) is 40.5. The SMILES string of the molecule is CNC.O=S(=O)(O)C(F)(F)C(F)(F)C(F)(F)C(F)(F)C(F)(F)C(F)(F)C(F)(F)C(F)(F)C(F)(F)C(F)C(F)(F)F. The molecular formula is C13H9F22NO3S. The van der Waals surface area contributed by atoms with E-state index in [0.717, 1.165) is 0 Å². The van der Waals surface area contributed by atoms with E-state index in [-0.39, 0.29) is 0 Å². The zero-order valence-electron chi connectivity index (χ0n) is 18.1. The minimum Gasteiger partial charge on any atom is -0.323 e. The van der Waals surface area contributed by atoms with E-state index in [1.54, 1.807) is 0 Å². The van der Waals surface area contributed by atoms with Crippen molar-refractivity contribution >= 4 is 10.1 Å². The van der Waals surface area contributed by atoms with E-state index >= 15 is 0 Å². The van der Waals surface area contributed by atoms with E-state index in [0.29, 0.717) is 0 Å². The van der Waals surface area contributed by atoms with E-state index in [9.17, 15) is 105 Å². The smallest absolute Gasteiger partial charge is 0.323 e. The van der Waals surface area contributed by atoms with Crippen molar-refractivity contribution in [3.63, 3.8) is 0 Å². The summed E-state index contributed by atoms with van der Waals surface area (Å²) in [5, 5.41) is -5.34. The Morgan fingerprint density at radius 2 is 0.700 bits per heavy atom. The van der Waals surface area contributed by atoms with E-state index in [1.165, 1.54) is 0 Å². The summed E-state index contributed by atoms with van der Waals surface area (Å²) in [5.41, 5.74) is 0. The van der Waals surface area contributed by atoms with Crippen LogP contribution in [0, 0.1) is 0 Å². The number of alkyl halides is 22. The molecular weight excluding hydrogens is 668 g/mol. The molecule has 0 rings (SSSR count). The molecule has 2 N–H and O–H groups in total. The van der Waals surface area contributed by atoms with Gasteiger partial charge in [-0.3, -0.25) is 4.55 Å². The van der Waals surface area contributed by atoms with E-state index in [1.807, 2.05) is 14.1 Å². The number of nitrogens with one attached hydrogen (secondary N) is 1. The average Bonchev–Trinajstić information content (AvgIpc) is 2.70. The summed E-state index contributed by atoms with van der Waals surface area (Å²) in [6.07, 6.45) is -14.1. The molecule has 0 spiro atoms. The molecule has 0 saturated heterocycles. The molecule has 0 bridgehead atoms. The summed E-state index contributed by atoms with van der Waals surface area (Å²) >= 11 is 0. The molecule has 0 aliphatic rings. The van der Waals surface area contributed by atoms with Crippen LogP contribution in [-0.2, 0) is 10.1 Å². The van der Waals surface area contributed by atoms with Crippen molar-refractivity contribution in [3.05, 3.63) is 0 Å². The first-order chi connectivity index (χ1) is 16.8. The summed E-state index contributed by atoms with van der Waals surface area (Å²) in [7, 11) is -4.37. The van der Waals surface area contributed by atoms with Crippen LogP contribution in [0.1, 0.15) is 0 Å². The predicted octanol–water partition coefficient (Wildman–Crippen LogP) is 6.29. The summed E-state index contributed by atoms with van der Waals surface area (Å²) in [6.45, 7) is 0.